The third-order valence-corrected chi connectivity index (χ3v) is 6.11. The summed E-state index contributed by atoms with van der Waals surface area (Å²) in [6.07, 6.45) is 9.58. The molecular weight excluding hydrogens is 258 g/mol. The van der Waals surface area contributed by atoms with Crippen LogP contribution in [0.4, 0.5) is 0 Å². The second-order valence-electron chi connectivity index (χ2n) is 7.30. The molecule has 4 atom stereocenters. The zero-order chi connectivity index (χ0) is 14.2. The lowest BCUT2D eigenvalue weighted by Gasteiger charge is -2.29. The first kappa shape index (κ1) is 13.6. The van der Waals surface area contributed by atoms with Crippen molar-refractivity contribution in [2.24, 2.45) is 17.8 Å². The van der Waals surface area contributed by atoms with Gasteiger partial charge in [0.25, 0.3) is 0 Å². The zero-order valence-corrected chi connectivity index (χ0v) is 13.1. The summed E-state index contributed by atoms with van der Waals surface area (Å²) in [5, 5.41) is 3.57. The minimum Gasteiger partial charge on any atom is -0.493 e. The Hall–Kier alpha value is -1.02. The average Bonchev–Trinajstić information content (AvgIpc) is 3.15. The standard InChI is InChI=1S/C19H27NO/c1-20-18(12-16-11-13-7-8-15(16)10-13)17-6-2-4-14-5-3-9-21-19(14)17/h2,4,6,13,15-16,18,20H,3,5,7-12H2,1H3. The average molecular weight is 285 g/mol. The molecule has 0 radical (unpaired) electrons. The molecule has 2 aliphatic carbocycles. The molecule has 2 nitrogen and oxygen atoms in total. The van der Waals surface area contributed by atoms with Crippen LogP contribution in [0.5, 0.6) is 5.75 Å². The van der Waals surface area contributed by atoms with Gasteiger partial charge in [-0.05, 0) is 68.9 Å². The summed E-state index contributed by atoms with van der Waals surface area (Å²) < 4.78 is 6.02. The summed E-state index contributed by atoms with van der Waals surface area (Å²) in [6.45, 7) is 0.884. The van der Waals surface area contributed by atoms with E-state index in [2.05, 4.69) is 30.6 Å². The van der Waals surface area contributed by atoms with E-state index in [0.717, 1.165) is 30.8 Å². The summed E-state index contributed by atoms with van der Waals surface area (Å²) in [6, 6.07) is 7.19. The van der Waals surface area contributed by atoms with E-state index >= 15 is 0 Å². The summed E-state index contributed by atoms with van der Waals surface area (Å²) in [5.41, 5.74) is 2.81. The molecule has 3 aliphatic rings. The highest BCUT2D eigenvalue weighted by Gasteiger charge is 2.40. The van der Waals surface area contributed by atoms with Gasteiger partial charge in [0.05, 0.1) is 6.61 Å². The van der Waals surface area contributed by atoms with Crippen molar-refractivity contribution < 1.29 is 4.74 Å². The van der Waals surface area contributed by atoms with E-state index in [9.17, 15) is 0 Å². The van der Waals surface area contributed by atoms with E-state index in [1.165, 1.54) is 55.4 Å². The van der Waals surface area contributed by atoms with Gasteiger partial charge in [-0.1, -0.05) is 24.6 Å². The second kappa shape index (κ2) is 5.64. The minimum absolute atomic E-state index is 0.461. The predicted molar refractivity (Wildman–Crippen MR) is 85.6 cm³/mol. The molecule has 2 heteroatoms. The molecule has 0 aromatic heterocycles. The Morgan fingerprint density at radius 1 is 1.29 bits per heavy atom. The topological polar surface area (TPSA) is 21.3 Å². The lowest BCUT2D eigenvalue weighted by Crippen LogP contribution is -2.24. The van der Waals surface area contributed by atoms with Crippen molar-refractivity contribution in [3.63, 3.8) is 0 Å². The SMILES string of the molecule is CNC(CC1CC2CCC1C2)c1cccc2c1OCCC2. The lowest BCUT2D eigenvalue weighted by atomic mass is 9.82. The number of rotatable bonds is 4. The van der Waals surface area contributed by atoms with Gasteiger partial charge in [-0.25, -0.2) is 0 Å². The Bertz CT molecular complexity index is 512. The smallest absolute Gasteiger partial charge is 0.127 e. The van der Waals surface area contributed by atoms with Gasteiger partial charge in [-0.3, -0.25) is 0 Å². The Morgan fingerprint density at radius 3 is 3.00 bits per heavy atom. The summed E-state index contributed by atoms with van der Waals surface area (Å²) in [7, 11) is 2.11. The molecule has 1 aromatic carbocycles. The van der Waals surface area contributed by atoms with Gasteiger partial charge in [0.1, 0.15) is 5.75 Å². The Kier molecular flexibility index (Phi) is 3.66. The maximum Gasteiger partial charge on any atom is 0.127 e. The first-order chi connectivity index (χ1) is 10.3. The summed E-state index contributed by atoms with van der Waals surface area (Å²) in [5.74, 6) is 4.16. The van der Waals surface area contributed by atoms with E-state index in [4.69, 9.17) is 4.74 Å². The minimum atomic E-state index is 0.461. The molecule has 21 heavy (non-hydrogen) atoms. The van der Waals surface area contributed by atoms with Crippen molar-refractivity contribution in [3.8, 4) is 5.75 Å². The number of hydrogen-bond acceptors (Lipinski definition) is 2. The summed E-state index contributed by atoms with van der Waals surface area (Å²) >= 11 is 0. The van der Waals surface area contributed by atoms with Crippen molar-refractivity contribution in [1.29, 1.82) is 0 Å². The molecule has 4 rings (SSSR count). The van der Waals surface area contributed by atoms with Crippen LogP contribution in [0, 0.1) is 17.8 Å². The number of para-hydroxylation sites is 1. The third kappa shape index (κ3) is 2.48. The highest BCUT2D eigenvalue weighted by molar-refractivity contribution is 5.44. The van der Waals surface area contributed by atoms with Gasteiger partial charge < -0.3 is 10.1 Å². The number of ether oxygens (including phenoxy) is 1. The lowest BCUT2D eigenvalue weighted by molar-refractivity contribution is 0.264. The Labute approximate surface area is 128 Å². The molecule has 0 saturated heterocycles. The van der Waals surface area contributed by atoms with Gasteiger partial charge in [-0.15, -0.1) is 0 Å². The van der Waals surface area contributed by atoms with E-state index in [1.807, 2.05) is 0 Å². The molecule has 114 valence electrons. The van der Waals surface area contributed by atoms with Gasteiger partial charge >= 0.3 is 0 Å². The molecular formula is C19H27NO. The van der Waals surface area contributed by atoms with Crippen LogP contribution in [0.3, 0.4) is 0 Å². The maximum absolute atomic E-state index is 6.02. The van der Waals surface area contributed by atoms with Crippen molar-refractivity contribution >= 4 is 0 Å². The molecule has 4 unspecified atom stereocenters. The molecule has 1 aliphatic heterocycles. The first-order valence-corrected chi connectivity index (χ1v) is 8.77. The first-order valence-electron chi connectivity index (χ1n) is 8.77. The molecule has 0 amide bonds. The normalized spacial score (nSPS) is 31.8. The Balaban J connectivity index is 1.56. The highest BCUT2D eigenvalue weighted by Crippen LogP contribution is 2.51. The fraction of sp³-hybridized carbons (Fsp3) is 0.684. The second-order valence-corrected chi connectivity index (χ2v) is 7.30. The van der Waals surface area contributed by atoms with Crippen LogP contribution in [0.15, 0.2) is 18.2 Å². The zero-order valence-electron chi connectivity index (χ0n) is 13.1. The Morgan fingerprint density at radius 2 is 2.24 bits per heavy atom. The van der Waals surface area contributed by atoms with E-state index in [-0.39, 0.29) is 0 Å². The maximum atomic E-state index is 6.02. The fourth-order valence-electron chi connectivity index (χ4n) is 5.06. The van der Waals surface area contributed by atoms with Crippen LogP contribution in [-0.2, 0) is 6.42 Å². The van der Waals surface area contributed by atoms with Crippen LogP contribution in [0.25, 0.3) is 0 Å². The van der Waals surface area contributed by atoms with Crippen molar-refractivity contribution in [2.45, 2.75) is 51.0 Å². The number of aryl methyl sites for hydroxylation is 1. The predicted octanol–water partition coefficient (Wildman–Crippen LogP) is 4.10. The van der Waals surface area contributed by atoms with E-state index < -0.39 is 0 Å². The van der Waals surface area contributed by atoms with Gasteiger partial charge in [0, 0.05) is 11.6 Å². The van der Waals surface area contributed by atoms with Crippen LogP contribution >= 0.6 is 0 Å². The number of fused-ring (bicyclic) bond motifs is 3. The van der Waals surface area contributed by atoms with Gasteiger partial charge in [0.2, 0.25) is 0 Å². The molecule has 2 fully saturated rings. The molecule has 2 bridgehead atoms. The molecule has 0 spiro atoms. The third-order valence-electron chi connectivity index (χ3n) is 6.11. The van der Waals surface area contributed by atoms with Crippen LogP contribution in [0.1, 0.15) is 55.7 Å². The van der Waals surface area contributed by atoms with Crippen molar-refractivity contribution in [1.82, 2.24) is 5.32 Å². The largest absolute Gasteiger partial charge is 0.493 e. The number of nitrogens with one attached hydrogen (secondary N) is 1. The number of benzene rings is 1. The highest BCUT2D eigenvalue weighted by atomic mass is 16.5. The van der Waals surface area contributed by atoms with Crippen molar-refractivity contribution in [2.75, 3.05) is 13.7 Å². The van der Waals surface area contributed by atoms with Crippen LogP contribution in [0.2, 0.25) is 0 Å². The summed E-state index contributed by atoms with van der Waals surface area (Å²) in [4.78, 5) is 0. The van der Waals surface area contributed by atoms with Crippen LogP contribution in [-0.4, -0.2) is 13.7 Å². The van der Waals surface area contributed by atoms with Crippen molar-refractivity contribution in [3.05, 3.63) is 29.3 Å². The van der Waals surface area contributed by atoms with E-state index in [0.29, 0.717) is 6.04 Å². The molecule has 1 heterocycles. The monoisotopic (exact) mass is 285 g/mol. The molecule has 1 N–H and O–H groups in total. The fourth-order valence-corrected chi connectivity index (χ4v) is 5.06. The molecule has 2 saturated carbocycles. The van der Waals surface area contributed by atoms with Gasteiger partial charge in [0.15, 0.2) is 0 Å². The van der Waals surface area contributed by atoms with E-state index in [1.54, 1.807) is 0 Å². The number of hydrogen-bond donors (Lipinski definition) is 1. The van der Waals surface area contributed by atoms with Gasteiger partial charge in [-0.2, -0.15) is 0 Å². The molecule has 1 aromatic rings. The quantitative estimate of drug-likeness (QED) is 0.899. The van der Waals surface area contributed by atoms with Crippen LogP contribution < -0.4 is 10.1 Å².